The van der Waals surface area contributed by atoms with Gasteiger partial charge in [0.25, 0.3) is 0 Å². The summed E-state index contributed by atoms with van der Waals surface area (Å²) in [7, 11) is 0. The number of aryl methyl sites for hydroxylation is 2. The van der Waals surface area contributed by atoms with Crippen LogP contribution in [-0.2, 0) is 6.42 Å². The van der Waals surface area contributed by atoms with E-state index in [1.54, 1.807) is 0 Å². The largest absolute Gasteiger partial charge is 0.393 e. The highest BCUT2D eigenvalue weighted by atomic mass is 16.3. The molecule has 108 valence electrons. The fraction of sp³-hybridized carbons (Fsp3) is 0.667. The fourth-order valence-corrected chi connectivity index (χ4v) is 2.91. The quantitative estimate of drug-likeness (QED) is 0.712. The van der Waals surface area contributed by atoms with Gasteiger partial charge in [0.15, 0.2) is 0 Å². The van der Waals surface area contributed by atoms with E-state index in [9.17, 15) is 5.11 Å². The monoisotopic (exact) mass is 262 g/mol. The smallest absolute Gasteiger partial charge is 0.0583 e. The normalized spacial score (nSPS) is 14.4. The van der Waals surface area contributed by atoms with Crippen LogP contribution in [0.3, 0.4) is 0 Å². The van der Waals surface area contributed by atoms with Gasteiger partial charge in [-0.25, -0.2) is 0 Å². The molecule has 1 aromatic rings. The maximum Gasteiger partial charge on any atom is 0.0583 e. The van der Waals surface area contributed by atoms with Gasteiger partial charge in [-0.15, -0.1) is 0 Å². The van der Waals surface area contributed by atoms with Gasteiger partial charge in [0.05, 0.1) is 6.10 Å². The molecular formula is C18H30O. The van der Waals surface area contributed by atoms with Gasteiger partial charge in [0.1, 0.15) is 0 Å². The lowest BCUT2D eigenvalue weighted by atomic mass is 9.90. The maximum atomic E-state index is 10.3. The molecule has 0 aromatic heterocycles. The number of aliphatic hydroxyl groups is 1. The maximum absolute atomic E-state index is 10.3. The summed E-state index contributed by atoms with van der Waals surface area (Å²) >= 11 is 0. The summed E-state index contributed by atoms with van der Waals surface area (Å²) in [6.07, 6.45) is 6.54. The van der Waals surface area contributed by atoms with Gasteiger partial charge >= 0.3 is 0 Å². The summed E-state index contributed by atoms with van der Waals surface area (Å²) < 4.78 is 0. The molecule has 1 aromatic carbocycles. The van der Waals surface area contributed by atoms with Crippen LogP contribution in [0.15, 0.2) is 18.2 Å². The van der Waals surface area contributed by atoms with Gasteiger partial charge in [-0.05, 0) is 38.2 Å². The molecule has 0 fully saturated rings. The first kappa shape index (κ1) is 16.2. The molecule has 0 radical (unpaired) electrons. The van der Waals surface area contributed by atoms with Gasteiger partial charge in [0, 0.05) is 0 Å². The van der Waals surface area contributed by atoms with Crippen molar-refractivity contribution in [2.45, 2.75) is 72.3 Å². The second-order valence-electron chi connectivity index (χ2n) is 6.01. The second kappa shape index (κ2) is 8.37. The third-order valence-electron chi connectivity index (χ3n) is 3.90. The molecule has 0 spiro atoms. The van der Waals surface area contributed by atoms with E-state index in [1.807, 2.05) is 0 Å². The Labute approximate surface area is 119 Å². The zero-order chi connectivity index (χ0) is 14.3. The van der Waals surface area contributed by atoms with Crippen LogP contribution in [0.4, 0.5) is 0 Å². The van der Waals surface area contributed by atoms with Gasteiger partial charge in [-0.2, -0.15) is 0 Å². The Morgan fingerprint density at radius 1 is 1.05 bits per heavy atom. The van der Waals surface area contributed by atoms with Gasteiger partial charge in [0.2, 0.25) is 0 Å². The van der Waals surface area contributed by atoms with Crippen molar-refractivity contribution in [3.8, 4) is 0 Å². The van der Waals surface area contributed by atoms with E-state index < -0.39 is 0 Å². The van der Waals surface area contributed by atoms with E-state index >= 15 is 0 Å². The average Bonchev–Trinajstić information content (AvgIpc) is 2.33. The summed E-state index contributed by atoms with van der Waals surface area (Å²) in [4.78, 5) is 0. The average molecular weight is 262 g/mol. The molecule has 2 atom stereocenters. The molecular weight excluding hydrogens is 232 g/mol. The number of aliphatic hydroxyl groups excluding tert-OH is 1. The Bertz CT molecular complexity index is 350. The topological polar surface area (TPSA) is 20.2 Å². The molecule has 19 heavy (non-hydrogen) atoms. The Balaban J connectivity index is 2.51. The lowest BCUT2D eigenvalue weighted by Crippen LogP contribution is -2.16. The van der Waals surface area contributed by atoms with Crippen LogP contribution in [0.5, 0.6) is 0 Å². The summed E-state index contributed by atoms with van der Waals surface area (Å²) in [5.74, 6) is 0.681. The van der Waals surface area contributed by atoms with Gasteiger partial charge in [-0.1, -0.05) is 68.9 Å². The van der Waals surface area contributed by atoms with Crippen LogP contribution < -0.4 is 0 Å². The van der Waals surface area contributed by atoms with Crippen molar-refractivity contribution in [2.24, 2.45) is 5.92 Å². The molecule has 0 heterocycles. The van der Waals surface area contributed by atoms with E-state index in [-0.39, 0.29) is 6.10 Å². The highest BCUT2D eigenvalue weighted by molar-refractivity contribution is 5.28. The third kappa shape index (κ3) is 6.24. The molecule has 0 bridgehead atoms. The van der Waals surface area contributed by atoms with E-state index in [1.165, 1.54) is 42.4 Å². The Morgan fingerprint density at radius 2 is 1.68 bits per heavy atom. The highest BCUT2D eigenvalue weighted by Gasteiger charge is 2.13. The van der Waals surface area contributed by atoms with Crippen LogP contribution in [-0.4, -0.2) is 11.2 Å². The Hall–Kier alpha value is -0.820. The van der Waals surface area contributed by atoms with Crippen molar-refractivity contribution in [3.05, 3.63) is 34.9 Å². The molecule has 0 amide bonds. The Kier molecular flexibility index (Phi) is 7.15. The molecule has 0 aliphatic rings. The Morgan fingerprint density at radius 3 is 2.21 bits per heavy atom. The van der Waals surface area contributed by atoms with Crippen LogP contribution in [0, 0.1) is 19.8 Å². The number of unbranched alkanes of at least 4 members (excludes halogenated alkanes) is 1. The molecule has 1 rings (SSSR count). The first-order valence-corrected chi connectivity index (χ1v) is 7.80. The van der Waals surface area contributed by atoms with E-state index in [2.05, 4.69) is 45.9 Å². The number of hydrogen-bond acceptors (Lipinski definition) is 1. The fourth-order valence-electron chi connectivity index (χ4n) is 2.91. The zero-order valence-electron chi connectivity index (χ0n) is 13.1. The predicted molar refractivity (Wildman–Crippen MR) is 83.5 cm³/mol. The number of hydrogen-bond donors (Lipinski definition) is 1. The second-order valence-corrected chi connectivity index (χ2v) is 6.01. The van der Waals surface area contributed by atoms with Crippen LogP contribution >= 0.6 is 0 Å². The van der Waals surface area contributed by atoms with E-state index in [0.29, 0.717) is 5.92 Å². The minimum Gasteiger partial charge on any atom is -0.393 e. The minimum absolute atomic E-state index is 0.192. The summed E-state index contributed by atoms with van der Waals surface area (Å²) in [6.45, 7) is 8.72. The van der Waals surface area contributed by atoms with Crippen molar-refractivity contribution >= 4 is 0 Å². The standard InChI is InChI=1S/C18H30O/c1-5-7-8-16(6-2)12-18(19)13-17-10-14(3)9-15(4)11-17/h9-11,16,18-19H,5-8,12-13H2,1-4H3. The molecule has 0 aliphatic carbocycles. The van der Waals surface area contributed by atoms with Crippen LogP contribution in [0.25, 0.3) is 0 Å². The number of rotatable bonds is 8. The first-order chi connectivity index (χ1) is 9.05. The molecule has 2 unspecified atom stereocenters. The zero-order valence-corrected chi connectivity index (χ0v) is 13.1. The summed E-state index contributed by atoms with van der Waals surface area (Å²) in [5.41, 5.74) is 3.86. The summed E-state index contributed by atoms with van der Waals surface area (Å²) in [5, 5.41) is 10.3. The van der Waals surface area contributed by atoms with Crippen molar-refractivity contribution in [2.75, 3.05) is 0 Å². The van der Waals surface area contributed by atoms with Crippen molar-refractivity contribution < 1.29 is 5.11 Å². The molecule has 0 saturated carbocycles. The molecule has 1 heteroatoms. The minimum atomic E-state index is -0.192. The molecule has 0 saturated heterocycles. The SMILES string of the molecule is CCCCC(CC)CC(O)Cc1cc(C)cc(C)c1. The van der Waals surface area contributed by atoms with Crippen LogP contribution in [0.2, 0.25) is 0 Å². The van der Waals surface area contributed by atoms with Crippen molar-refractivity contribution in [1.29, 1.82) is 0 Å². The van der Waals surface area contributed by atoms with Gasteiger partial charge < -0.3 is 5.11 Å². The highest BCUT2D eigenvalue weighted by Crippen LogP contribution is 2.21. The van der Waals surface area contributed by atoms with Crippen molar-refractivity contribution in [3.63, 3.8) is 0 Å². The van der Waals surface area contributed by atoms with E-state index in [4.69, 9.17) is 0 Å². The predicted octanol–water partition coefficient (Wildman–Crippen LogP) is 4.81. The van der Waals surface area contributed by atoms with Crippen LogP contribution in [0.1, 0.15) is 62.6 Å². The third-order valence-corrected chi connectivity index (χ3v) is 3.90. The number of benzene rings is 1. The lowest BCUT2D eigenvalue weighted by Gasteiger charge is -2.19. The van der Waals surface area contributed by atoms with E-state index in [0.717, 1.165) is 12.8 Å². The summed E-state index contributed by atoms with van der Waals surface area (Å²) in [6, 6.07) is 6.58. The van der Waals surface area contributed by atoms with Crippen molar-refractivity contribution in [1.82, 2.24) is 0 Å². The molecule has 1 nitrogen and oxygen atoms in total. The van der Waals surface area contributed by atoms with Gasteiger partial charge in [-0.3, -0.25) is 0 Å². The molecule has 0 aliphatic heterocycles. The molecule has 1 N–H and O–H groups in total. The lowest BCUT2D eigenvalue weighted by molar-refractivity contribution is 0.137. The first-order valence-electron chi connectivity index (χ1n) is 7.80.